The molecule has 0 saturated carbocycles. The molecule has 1 atom stereocenters. The number of methoxy groups -OCH3 is 3. The average Bonchev–Trinajstić information content (AvgIpc) is 2.93. The maximum atomic E-state index is 13.0. The van der Waals surface area contributed by atoms with Gasteiger partial charge in [-0.1, -0.05) is 29.8 Å². The van der Waals surface area contributed by atoms with Crippen LogP contribution in [0.5, 0.6) is 17.2 Å². The van der Waals surface area contributed by atoms with Crippen molar-refractivity contribution in [3.05, 3.63) is 59.3 Å². The molecule has 37 heavy (non-hydrogen) atoms. The van der Waals surface area contributed by atoms with E-state index in [1.807, 2.05) is 6.92 Å². The summed E-state index contributed by atoms with van der Waals surface area (Å²) in [7, 11) is 4.72. The number of nitrogens with one attached hydrogen (secondary N) is 2. The fourth-order valence-corrected chi connectivity index (χ4v) is 4.52. The maximum absolute atomic E-state index is 13.0. The third-order valence-electron chi connectivity index (χ3n) is 6.54. The van der Waals surface area contributed by atoms with Crippen LogP contribution in [0.1, 0.15) is 29.5 Å². The zero-order valence-corrected chi connectivity index (χ0v) is 22.1. The number of rotatable bonds is 9. The van der Waals surface area contributed by atoms with E-state index in [0.717, 1.165) is 36.3 Å². The van der Waals surface area contributed by atoms with E-state index in [9.17, 15) is 4.79 Å². The summed E-state index contributed by atoms with van der Waals surface area (Å²) in [5.74, 6) is 2.83. The first kappa shape index (κ1) is 26.1. The van der Waals surface area contributed by atoms with Crippen molar-refractivity contribution < 1.29 is 19.0 Å². The van der Waals surface area contributed by atoms with Crippen molar-refractivity contribution in [2.75, 3.05) is 44.6 Å². The van der Waals surface area contributed by atoms with E-state index in [-0.39, 0.29) is 11.8 Å². The Morgan fingerprint density at radius 1 is 1.05 bits per heavy atom. The Morgan fingerprint density at radius 2 is 1.76 bits per heavy atom. The number of aryl methyl sites for hydroxylation is 2. The van der Waals surface area contributed by atoms with Gasteiger partial charge in [0.05, 0.1) is 27.2 Å². The van der Waals surface area contributed by atoms with Gasteiger partial charge in [-0.2, -0.15) is 4.98 Å². The van der Waals surface area contributed by atoms with Gasteiger partial charge in [-0.05, 0) is 32.3 Å². The Labute approximate surface area is 218 Å². The van der Waals surface area contributed by atoms with Gasteiger partial charge in [0.25, 0.3) is 0 Å². The van der Waals surface area contributed by atoms with Crippen LogP contribution in [-0.2, 0) is 11.3 Å². The zero-order chi connectivity index (χ0) is 26.4. The monoisotopic (exact) mass is 505 g/mol. The summed E-state index contributed by atoms with van der Waals surface area (Å²) in [5, 5.41) is 6.35. The number of ether oxygens (including phenoxy) is 3. The van der Waals surface area contributed by atoms with Crippen molar-refractivity contribution in [3.8, 4) is 17.2 Å². The van der Waals surface area contributed by atoms with Crippen LogP contribution in [0.15, 0.2) is 42.6 Å². The molecule has 2 aromatic carbocycles. The highest BCUT2D eigenvalue weighted by Gasteiger charge is 2.27. The molecular formula is C28H35N5O4. The quantitative estimate of drug-likeness (QED) is 0.442. The summed E-state index contributed by atoms with van der Waals surface area (Å²) in [6.45, 7) is 6.02. The van der Waals surface area contributed by atoms with Crippen LogP contribution in [0.25, 0.3) is 0 Å². The van der Waals surface area contributed by atoms with Gasteiger partial charge < -0.3 is 29.7 Å². The van der Waals surface area contributed by atoms with Crippen LogP contribution in [-0.4, -0.2) is 50.3 Å². The molecular weight excluding hydrogens is 470 g/mol. The van der Waals surface area contributed by atoms with Crippen molar-refractivity contribution >= 4 is 23.4 Å². The highest BCUT2D eigenvalue weighted by Crippen LogP contribution is 2.40. The molecule has 1 aliphatic heterocycles. The minimum Gasteiger partial charge on any atom is -0.493 e. The predicted molar refractivity (Wildman–Crippen MR) is 144 cm³/mol. The minimum atomic E-state index is -0.0971. The van der Waals surface area contributed by atoms with Gasteiger partial charge in [-0.25, -0.2) is 4.98 Å². The van der Waals surface area contributed by atoms with Crippen molar-refractivity contribution in [1.29, 1.82) is 0 Å². The number of benzene rings is 2. The SMILES string of the molecule is COc1cc(Nc2ncc(C)c(N3CCC[C@H](C(=O)NCc4ccc(C)cc4)C3)n2)cc(OC)c1OC. The summed E-state index contributed by atoms with van der Waals surface area (Å²) < 4.78 is 16.3. The van der Waals surface area contributed by atoms with Crippen LogP contribution in [0.3, 0.4) is 0 Å². The first-order valence-corrected chi connectivity index (χ1v) is 12.4. The van der Waals surface area contributed by atoms with Gasteiger partial charge in [0.15, 0.2) is 11.5 Å². The number of nitrogens with zero attached hydrogens (tertiary/aromatic N) is 3. The van der Waals surface area contributed by atoms with Gasteiger partial charge >= 0.3 is 0 Å². The van der Waals surface area contributed by atoms with Crippen LogP contribution in [0.2, 0.25) is 0 Å². The average molecular weight is 506 g/mol. The molecule has 0 bridgehead atoms. The molecule has 196 valence electrons. The van der Waals surface area contributed by atoms with Gasteiger partial charge in [0, 0.05) is 49.2 Å². The zero-order valence-electron chi connectivity index (χ0n) is 22.1. The van der Waals surface area contributed by atoms with Gasteiger partial charge in [0.1, 0.15) is 5.82 Å². The molecule has 0 spiro atoms. The number of piperidine rings is 1. The third kappa shape index (κ3) is 6.22. The first-order chi connectivity index (χ1) is 17.9. The number of aromatic nitrogens is 2. The molecule has 4 rings (SSSR count). The number of carbonyl (C=O) groups excluding carboxylic acids is 1. The number of carbonyl (C=O) groups is 1. The van der Waals surface area contributed by atoms with Gasteiger partial charge in [0.2, 0.25) is 17.6 Å². The second-order valence-corrected chi connectivity index (χ2v) is 9.23. The Balaban J connectivity index is 1.46. The Hall–Kier alpha value is -4.01. The van der Waals surface area contributed by atoms with Crippen molar-refractivity contribution in [2.45, 2.75) is 33.2 Å². The molecule has 0 radical (unpaired) electrons. The van der Waals surface area contributed by atoms with E-state index in [4.69, 9.17) is 19.2 Å². The highest BCUT2D eigenvalue weighted by molar-refractivity contribution is 5.79. The van der Waals surface area contributed by atoms with E-state index < -0.39 is 0 Å². The Morgan fingerprint density at radius 3 is 2.41 bits per heavy atom. The third-order valence-corrected chi connectivity index (χ3v) is 6.54. The molecule has 1 saturated heterocycles. The summed E-state index contributed by atoms with van der Waals surface area (Å²) >= 11 is 0. The lowest BCUT2D eigenvalue weighted by Crippen LogP contribution is -2.43. The van der Waals surface area contributed by atoms with E-state index >= 15 is 0 Å². The van der Waals surface area contributed by atoms with Crippen molar-refractivity contribution in [1.82, 2.24) is 15.3 Å². The summed E-state index contributed by atoms with van der Waals surface area (Å²) in [6.07, 6.45) is 3.57. The molecule has 1 amide bonds. The van der Waals surface area contributed by atoms with E-state index in [1.165, 1.54) is 5.56 Å². The van der Waals surface area contributed by atoms with Crippen LogP contribution < -0.4 is 29.7 Å². The largest absolute Gasteiger partial charge is 0.493 e. The van der Waals surface area contributed by atoms with Crippen LogP contribution >= 0.6 is 0 Å². The lowest BCUT2D eigenvalue weighted by Gasteiger charge is -2.33. The maximum Gasteiger partial charge on any atom is 0.229 e. The number of amides is 1. The molecule has 0 aliphatic carbocycles. The van der Waals surface area contributed by atoms with Crippen LogP contribution in [0, 0.1) is 19.8 Å². The number of hydrogen-bond acceptors (Lipinski definition) is 8. The topological polar surface area (TPSA) is 97.8 Å². The van der Waals surface area contributed by atoms with E-state index in [1.54, 1.807) is 39.7 Å². The number of anilines is 3. The van der Waals surface area contributed by atoms with Crippen LogP contribution in [0.4, 0.5) is 17.5 Å². The van der Waals surface area contributed by atoms with Crippen molar-refractivity contribution in [2.24, 2.45) is 5.92 Å². The first-order valence-electron chi connectivity index (χ1n) is 12.4. The normalized spacial score (nSPS) is 15.2. The Kier molecular flexibility index (Phi) is 8.32. The molecule has 3 aromatic rings. The molecule has 0 unspecified atom stereocenters. The summed E-state index contributed by atoms with van der Waals surface area (Å²) in [4.78, 5) is 24.4. The molecule has 9 nitrogen and oxygen atoms in total. The summed E-state index contributed by atoms with van der Waals surface area (Å²) in [6, 6.07) is 11.8. The smallest absolute Gasteiger partial charge is 0.229 e. The summed E-state index contributed by atoms with van der Waals surface area (Å²) in [5.41, 5.74) is 3.96. The second-order valence-electron chi connectivity index (χ2n) is 9.23. The lowest BCUT2D eigenvalue weighted by molar-refractivity contribution is -0.125. The van der Waals surface area contributed by atoms with Gasteiger partial charge in [-0.3, -0.25) is 4.79 Å². The molecule has 2 heterocycles. The molecule has 1 aromatic heterocycles. The number of hydrogen-bond donors (Lipinski definition) is 2. The molecule has 9 heteroatoms. The fraction of sp³-hybridized carbons (Fsp3) is 0.393. The molecule has 2 N–H and O–H groups in total. The van der Waals surface area contributed by atoms with E-state index in [2.05, 4.69) is 51.7 Å². The van der Waals surface area contributed by atoms with E-state index in [0.29, 0.717) is 42.0 Å². The second kappa shape index (κ2) is 11.8. The standard InChI is InChI=1S/C28H35N5O4/c1-18-8-10-20(11-9-18)16-29-27(34)21-7-6-12-33(17-21)26-19(2)15-30-28(32-26)31-22-13-23(35-3)25(37-5)24(14-22)36-4/h8-11,13-15,21H,6-7,12,16-17H2,1-5H3,(H,29,34)(H,30,31,32)/t21-/m0/s1. The predicted octanol–water partition coefficient (Wildman–Crippen LogP) is 4.40. The fourth-order valence-electron chi connectivity index (χ4n) is 4.52. The lowest BCUT2D eigenvalue weighted by atomic mass is 9.96. The molecule has 1 fully saturated rings. The Bertz CT molecular complexity index is 1210. The van der Waals surface area contributed by atoms with Gasteiger partial charge in [-0.15, -0.1) is 0 Å². The molecule has 1 aliphatic rings. The van der Waals surface area contributed by atoms with Crippen molar-refractivity contribution in [3.63, 3.8) is 0 Å². The highest BCUT2D eigenvalue weighted by atomic mass is 16.5. The minimum absolute atomic E-state index is 0.0766.